The van der Waals surface area contributed by atoms with E-state index in [4.69, 9.17) is 0 Å². The molecule has 2 N–H and O–H groups in total. The van der Waals surface area contributed by atoms with Crippen LogP contribution in [0, 0.1) is 6.92 Å². The first kappa shape index (κ1) is 16.6. The Balaban J connectivity index is 1.80. The largest absolute Gasteiger partial charge is 0.333 e. The molecule has 1 saturated heterocycles. The summed E-state index contributed by atoms with van der Waals surface area (Å²) in [5.74, 6) is 0.124. The van der Waals surface area contributed by atoms with Gasteiger partial charge in [0.2, 0.25) is 5.91 Å². The summed E-state index contributed by atoms with van der Waals surface area (Å²) in [4.78, 5) is 19.1. The molecule has 2 atom stereocenters. The number of rotatable bonds is 5. The smallest absolute Gasteiger partial charge is 0.241 e. The predicted octanol–water partition coefficient (Wildman–Crippen LogP) is 2.17. The van der Waals surface area contributed by atoms with Crippen molar-refractivity contribution in [2.45, 2.75) is 45.4 Å². The van der Waals surface area contributed by atoms with E-state index in [0.29, 0.717) is 19.1 Å². The highest BCUT2D eigenvalue weighted by Crippen LogP contribution is 2.16. The number of aryl methyl sites for hydroxylation is 1. The molecule has 2 aromatic rings. The van der Waals surface area contributed by atoms with Crippen molar-refractivity contribution in [3.63, 3.8) is 0 Å². The van der Waals surface area contributed by atoms with E-state index in [0.717, 1.165) is 12.0 Å². The Labute approximate surface area is 143 Å². The van der Waals surface area contributed by atoms with Crippen LogP contribution in [-0.2, 0) is 17.9 Å². The Kier molecular flexibility index (Phi) is 5.23. The van der Waals surface area contributed by atoms with Crippen LogP contribution in [0.15, 0.2) is 48.8 Å². The summed E-state index contributed by atoms with van der Waals surface area (Å²) >= 11 is 0. The average molecular weight is 324 g/mol. The fraction of sp³-hybridized carbons (Fsp3) is 0.368. The highest BCUT2D eigenvalue weighted by Gasteiger charge is 2.30. The van der Waals surface area contributed by atoms with Crippen molar-refractivity contribution >= 4 is 5.91 Å². The molecule has 0 spiro atoms. The van der Waals surface area contributed by atoms with Crippen LogP contribution in [0.4, 0.5) is 0 Å². The Morgan fingerprint density at radius 3 is 2.71 bits per heavy atom. The number of carbonyl (C=O) groups is 1. The number of hydrogen-bond acceptors (Lipinski definition) is 4. The van der Waals surface area contributed by atoms with Crippen molar-refractivity contribution in [2.75, 3.05) is 0 Å². The third kappa shape index (κ3) is 3.99. The number of hydrazine groups is 1. The van der Waals surface area contributed by atoms with Gasteiger partial charge in [-0.15, -0.1) is 0 Å². The van der Waals surface area contributed by atoms with Crippen molar-refractivity contribution in [3.8, 4) is 0 Å². The standard InChI is InChI=1S/C19H24N4O/c1-14-6-3-4-8-17(14)13-23(12-16-7-5-9-20-11-16)19(24)18-10-15(2)21-22-18/h3-9,11,15,18,21-22H,10,12-13H2,1-2H3. The zero-order valence-corrected chi connectivity index (χ0v) is 14.2. The molecule has 1 aliphatic rings. The fourth-order valence-electron chi connectivity index (χ4n) is 3.01. The third-order valence-electron chi connectivity index (χ3n) is 4.42. The minimum absolute atomic E-state index is 0.124. The molecule has 1 fully saturated rings. The molecular weight excluding hydrogens is 300 g/mol. The molecule has 1 amide bonds. The van der Waals surface area contributed by atoms with Gasteiger partial charge in [0.25, 0.3) is 0 Å². The minimum atomic E-state index is -0.180. The van der Waals surface area contributed by atoms with E-state index >= 15 is 0 Å². The van der Waals surface area contributed by atoms with Gasteiger partial charge in [0.15, 0.2) is 0 Å². The lowest BCUT2D eigenvalue weighted by atomic mass is 10.1. The fourth-order valence-corrected chi connectivity index (χ4v) is 3.01. The number of benzene rings is 1. The normalized spacial score (nSPS) is 20.1. The van der Waals surface area contributed by atoms with Crippen LogP contribution in [0.2, 0.25) is 0 Å². The van der Waals surface area contributed by atoms with E-state index in [2.05, 4.69) is 41.8 Å². The Morgan fingerprint density at radius 1 is 1.21 bits per heavy atom. The van der Waals surface area contributed by atoms with Gasteiger partial charge in [-0.25, -0.2) is 5.43 Å². The summed E-state index contributed by atoms with van der Waals surface area (Å²) in [6, 6.07) is 12.2. The number of nitrogens with one attached hydrogen (secondary N) is 2. The van der Waals surface area contributed by atoms with Gasteiger partial charge < -0.3 is 4.90 Å². The van der Waals surface area contributed by atoms with E-state index in [1.807, 2.05) is 35.4 Å². The maximum absolute atomic E-state index is 13.0. The van der Waals surface area contributed by atoms with Gasteiger partial charge in [-0.3, -0.25) is 15.2 Å². The van der Waals surface area contributed by atoms with Crippen molar-refractivity contribution in [1.29, 1.82) is 0 Å². The van der Waals surface area contributed by atoms with Crippen LogP contribution in [0.25, 0.3) is 0 Å². The zero-order valence-electron chi connectivity index (χ0n) is 14.2. The van der Waals surface area contributed by atoms with Gasteiger partial charge in [0, 0.05) is 31.5 Å². The van der Waals surface area contributed by atoms with Crippen LogP contribution >= 0.6 is 0 Å². The summed E-state index contributed by atoms with van der Waals surface area (Å²) in [7, 11) is 0. The third-order valence-corrected chi connectivity index (χ3v) is 4.42. The lowest BCUT2D eigenvalue weighted by Gasteiger charge is -2.26. The second-order valence-electron chi connectivity index (χ2n) is 6.46. The van der Waals surface area contributed by atoms with E-state index in [1.165, 1.54) is 11.1 Å². The molecule has 2 heterocycles. The van der Waals surface area contributed by atoms with Crippen molar-refractivity contribution in [3.05, 3.63) is 65.5 Å². The monoisotopic (exact) mass is 324 g/mol. The SMILES string of the molecule is Cc1ccccc1CN(Cc1cccnc1)C(=O)C1CC(C)NN1. The number of aromatic nitrogens is 1. The molecule has 1 aromatic heterocycles. The number of hydrogen-bond donors (Lipinski definition) is 2. The molecule has 5 heteroatoms. The number of carbonyl (C=O) groups excluding carboxylic acids is 1. The minimum Gasteiger partial charge on any atom is -0.333 e. The molecule has 126 valence electrons. The van der Waals surface area contributed by atoms with Crippen LogP contribution in [0.3, 0.4) is 0 Å². The average Bonchev–Trinajstić information content (AvgIpc) is 3.03. The predicted molar refractivity (Wildman–Crippen MR) is 93.8 cm³/mol. The van der Waals surface area contributed by atoms with E-state index in [9.17, 15) is 4.79 Å². The highest BCUT2D eigenvalue weighted by atomic mass is 16.2. The lowest BCUT2D eigenvalue weighted by molar-refractivity contribution is -0.134. The van der Waals surface area contributed by atoms with E-state index in [1.54, 1.807) is 6.20 Å². The van der Waals surface area contributed by atoms with Crippen LogP contribution in [0.1, 0.15) is 30.0 Å². The summed E-state index contributed by atoms with van der Waals surface area (Å²) < 4.78 is 0. The molecule has 1 aliphatic heterocycles. The topological polar surface area (TPSA) is 57.3 Å². The van der Waals surface area contributed by atoms with E-state index < -0.39 is 0 Å². The summed E-state index contributed by atoms with van der Waals surface area (Å²) in [6.07, 6.45) is 4.37. The van der Waals surface area contributed by atoms with Crippen LogP contribution < -0.4 is 10.9 Å². The summed E-state index contributed by atoms with van der Waals surface area (Å²) in [5.41, 5.74) is 9.67. The molecule has 24 heavy (non-hydrogen) atoms. The van der Waals surface area contributed by atoms with Gasteiger partial charge in [-0.2, -0.15) is 0 Å². The number of nitrogens with zero attached hydrogens (tertiary/aromatic N) is 2. The summed E-state index contributed by atoms with van der Waals surface area (Å²) in [5, 5.41) is 0. The maximum atomic E-state index is 13.0. The maximum Gasteiger partial charge on any atom is 0.241 e. The van der Waals surface area contributed by atoms with Crippen molar-refractivity contribution in [2.24, 2.45) is 0 Å². The van der Waals surface area contributed by atoms with Crippen LogP contribution in [-0.4, -0.2) is 27.9 Å². The lowest BCUT2D eigenvalue weighted by Crippen LogP contribution is -2.45. The van der Waals surface area contributed by atoms with Gasteiger partial charge in [0.05, 0.1) is 0 Å². The van der Waals surface area contributed by atoms with Crippen molar-refractivity contribution in [1.82, 2.24) is 20.7 Å². The first-order valence-electron chi connectivity index (χ1n) is 8.36. The van der Waals surface area contributed by atoms with Gasteiger partial charge in [-0.05, 0) is 43.0 Å². The quantitative estimate of drug-likeness (QED) is 0.885. The first-order chi connectivity index (χ1) is 11.6. The van der Waals surface area contributed by atoms with E-state index in [-0.39, 0.29) is 11.9 Å². The Morgan fingerprint density at radius 2 is 2.04 bits per heavy atom. The number of pyridine rings is 1. The number of amides is 1. The second-order valence-corrected chi connectivity index (χ2v) is 6.46. The molecular formula is C19H24N4O. The Hall–Kier alpha value is -2.24. The summed E-state index contributed by atoms with van der Waals surface area (Å²) in [6.45, 7) is 5.33. The van der Waals surface area contributed by atoms with Gasteiger partial charge in [-0.1, -0.05) is 30.3 Å². The zero-order chi connectivity index (χ0) is 16.9. The molecule has 2 unspecified atom stereocenters. The first-order valence-corrected chi connectivity index (χ1v) is 8.36. The molecule has 1 aromatic carbocycles. The van der Waals surface area contributed by atoms with Crippen molar-refractivity contribution < 1.29 is 4.79 Å². The Bertz CT molecular complexity index is 689. The highest BCUT2D eigenvalue weighted by molar-refractivity contribution is 5.82. The van der Waals surface area contributed by atoms with Gasteiger partial charge >= 0.3 is 0 Å². The molecule has 3 rings (SSSR count). The molecule has 0 aliphatic carbocycles. The molecule has 0 radical (unpaired) electrons. The van der Waals surface area contributed by atoms with Crippen LogP contribution in [0.5, 0.6) is 0 Å². The molecule has 5 nitrogen and oxygen atoms in total. The molecule has 0 bridgehead atoms. The second kappa shape index (κ2) is 7.55. The molecule has 0 saturated carbocycles. The van der Waals surface area contributed by atoms with Gasteiger partial charge in [0.1, 0.15) is 6.04 Å².